The van der Waals surface area contributed by atoms with Crippen LogP contribution >= 0.6 is 0 Å². The fourth-order valence-corrected chi connectivity index (χ4v) is 1.07. The summed E-state index contributed by atoms with van der Waals surface area (Å²) in [5.41, 5.74) is 1.55. The summed E-state index contributed by atoms with van der Waals surface area (Å²) in [4.78, 5) is 10.8. The van der Waals surface area contributed by atoms with Gasteiger partial charge in [0.15, 0.2) is 0 Å². The second-order valence-corrected chi connectivity index (χ2v) is 2.79. The first-order valence-corrected chi connectivity index (χ1v) is 4.09. The van der Waals surface area contributed by atoms with E-state index < -0.39 is 5.97 Å². The summed E-state index contributed by atoms with van der Waals surface area (Å²) in [5, 5.41) is 17.3. The number of aliphatic hydroxyl groups is 1. The van der Waals surface area contributed by atoms with E-state index >= 15 is 0 Å². The molecule has 0 radical (unpaired) electrons. The molecular formula is C11H10O3. The van der Waals surface area contributed by atoms with Gasteiger partial charge in [0.2, 0.25) is 0 Å². The Kier molecular flexibility index (Phi) is 3.27. The second kappa shape index (κ2) is 4.45. The normalized spacial score (nSPS) is 9.00. The standard InChI is InChI=1S/C11H10O3/c1-8-4-5-9(3-2-6-12)7-10(8)11(13)14/h4-5,7,12H,6H2,1H3,(H,13,14). The van der Waals surface area contributed by atoms with Crippen LogP contribution in [0.1, 0.15) is 21.5 Å². The van der Waals surface area contributed by atoms with Crippen molar-refractivity contribution >= 4 is 5.97 Å². The number of carboxylic acids is 1. The Labute approximate surface area is 82.0 Å². The summed E-state index contributed by atoms with van der Waals surface area (Å²) in [6, 6.07) is 4.93. The van der Waals surface area contributed by atoms with E-state index in [1.54, 1.807) is 19.1 Å². The number of benzene rings is 1. The van der Waals surface area contributed by atoms with Crippen LogP contribution in [0.2, 0.25) is 0 Å². The highest BCUT2D eigenvalue weighted by molar-refractivity contribution is 5.89. The molecule has 0 aromatic heterocycles. The number of hydrogen-bond acceptors (Lipinski definition) is 2. The molecule has 2 N–H and O–H groups in total. The minimum atomic E-state index is -0.963. The Balaban J connectivity index is 3.13. The fourth-order valence-electron chi connectivity index (χ4n) is 1.07. The maximum atomic E-state index is 10.8. The van der Waals surface area contributed by atoms with E-state index in [9.17, 15) is 4.79 Å². The van der Waals surface area contributed by atoms with Crippen LogP contribution < -0.4 is 0 Å². The lowest BCUT2D eigenvalue weighted by Gasteiger charge is -2.00. The van der Waals surface area contributed by atoms with Gasteiger partial charge in [-0.15, -0.1) is 0 Å². The topological polar surface area (TPSA) is 57.5 Å². The molecule has 0 heterocycles. The third-order valence-electron chi connectivity index (χ3n) is 1.78. The summed E-state index contributed by atoms with van der Waals surface area (Å²) in [6.45, 7) is 1.50. The predicted octanol–water partition coefficient (Wildman–Crippen LogP) is 1.04. The van der Waals surface area contributed by atoms with Gasteiger partial charge in [-0.2, -0.15) is 0 Å². The van der Waals surface area contributed by atoms with Gasteiger partial charge in [-0.3, -0.25) is 0 Å². The van der Waals surface area contributed by atoms with Gasteiger partial charge in [-0.1, -0.05) is 17.9 Å². The Bertz CT molecular complexity index is 410. The predicted molar refractivity (Wildman–Crippen MR) is 52.1 cm³/mol. The summed E-state index contributed by atoms with van der Waals surface area (Å²) in [7, 11) is 0. The van der Waals surface area contributed by atoms with E-state index in [4.69, 9.17) is 10.2 Å². The molecule has 3 nitrogen and oxygen atoms in total. The summed E-state index contributed by atoms with van der Waals surface area (Å²) in [6.07, 6.45) is 0. The lowest BCUT2D eigenvalue weighted by molar-refractivity contribution is 0.0696. The first-order chi connectivity index (χ1) is 6.65. The zero-order valence-corrected chi connectivity index (χ0v) is 7.74. The van der Waals surface area contributed by atoms with Crippen LogP contribution in [0, 0.1) is 18.8 Å². The molecule has 72 valence electrons. The SMILES string of the molecule is Cc1ccc(C#CCO)cc1C(=O)O. The Hall–Kier alpha value is -1.79. The van der Waals surface area contributed by atoms with Gasteiger partial charge in [0.05, 0.1) is 5.56 Å². The number of hydrogen-bond donors (Lipinski definition) is 2. The molecule has 0 bridgehead atoms. The number of aliphatic hydroxyl groups excluding tert-OH is 1. The maximum absolute atomic E-state index is 10.8. The molecule has 0 saturated heterocycles. The lowest BCUT2D eigenvalue weighted by Crippen LogP contribution is -1.99. The van der Waals surface area contributed by atoms with Crippen LogP contribution in [0.15, 0.2) is 18.2 Å². The highest BCUT2D eigenvalue weighted by Gasteiger charge is 2.06. The van der Waals surface area contributed by atoms with Gasteiger partial charge in [0.25, 0.3) is 0 Å². The van der Waals surface area contributed by atoms with Crippen molar-refractivity contribution in [2.45, 2.75) is 6.92 Å². The van der Waals surface area contributed by atoms with E-state index in [1.165, 1.54) is 6.07 Å². The molecule has 0 aliphatic rings. The van der Waals surface area contributed by atoms with Gasteiger partial charge >= 0.3 is 5.97 Å². The first kappa shape index (κ1) is 10.3. The molecule has 0 fully saturated rings. The van der Waals surface area contributed by atoms with Crippen molar-refractivity contribution < 1.29 is 15.0 Å². The van der Waals surface area contributed by atoms with Gasteiger partial charge in [0.1, 0.15) is 6.61 Å². The van der Waals surface area contributed by atoms with Gasteiger partial charge in [-0.25, -0.2) is 4.79 Å². The average Bonchev–Trinajstić information content (AvgIpc) is 2.16. The summed E-state index contributed by atoms with van der Waals surface area (Å²) >= 11 is 0. The Morgan fingerprint density at radius 2 is 2.21 bits per heavy atom. The number of carboxylic acid groups (broad SMARTS) is 1. The Morgan fingerprint density at radius 1 is 1.50 bits per heavy atom. The van der Waals surface area contributed by atoms with Crippen molar-refractivity contribution in [3.8, 4) is 11.8 Å². The molecule has 0 unspecified atom stereocenters. The lowest BCUT2D eigenvalue weighted by atomic mass is 10.1. The highest BCUT2D eigenvalue weighted by Crippen LogP contribution is 2.10. The van der Waals surface area contributed by atoms with Gasteiger partial charge in [0, 0.05) is 5.56 Å². The smallest absolute Gasteiger partial charge is 0.335 e. The van der Waals surface area contributed by atoms with Crippen molar-refractivity contribution in [3.63, 3.8) is 0 Å². The van der Waals surface area contributed by atoms with Crippen LogP contribution in [-0.4, -0.2) is 22.8 Å². The summed E-state index contributed by atoms with van der Waals surface area (Å²) in [5.74, 6) is 4.15. The van der Waals surface area contributed by atoms with Crippen LogP contribution in [-0.2, 0) is 0 Å². The molecule has 3 heteroatoms. The highest BCUT2D eigenvalue weighted by atomic mass is 16.4. The summed E-state index contributed by atoms with van der Waals surface area (Å²) < 4.78 is 0. The maximum Gasteiger partial charge on any atom is 0.335 e. The zero-order chi connectivity index (χ0) is 10.6. The van der Waals surface area contributed by atoms with Crippen molar-refractivity contribution in [1.82, 2.24) is 0 Å². The number of carbonyl (C=O) groups is 1. The minimum Gasteiger partial charge on any atom is -0.478 e. The molecule has 0 atom stereocenters. The van der Waals surface area contributed by atoms with E-state index in [2.05, 4.69) is 11.8 Å². The van der Waals surface area contributed by atoms with Crippen LogP contribution in [0.4, 0.5) is 0 Å². The number of rotatable bonds is 1. The van der Waals surface area contributed by atoms with Crippen LogP contribution in [0.3, 0.4) is 0 Å². The number of aromatic carboxylic acids is 1. The van der Waals surface area contributed by atoms with Crippen molar-refractivity contribution in [2.75, 3.05) is 6.61 Å². The molecule has 1 aromatic rings. The monoisotopic (exact) mass is 190 g/mol. The van der Waals surface area contributed by atoms with Crippen LogP contribution in [0.5, 0.6) is 0 Å². The Morgan fingerprint density at radius 3 is 2.79 bits per heavy atom. The molecule has 0 spiro atoms. The van der Waals surface area contributed by atoms with Crippen molar-refractivity contribution in [2.24, 2.45) is 0 Å². The van der Waals surface area contributed by atoms with E-state index in [0.717, 1.165) is 0 Å². The molecule has 0 amide bonds. The van der Waals surface area contributed by atoms with E-state index in [-0.39, 0.29) is 12.2 Å². The fraction of sp³-hybridized carbons (Fsp3) is 0.182. The third kappa shape index (κ3) is 2.35. The van der Waals surface area contributed by atoms with Gasteiger partial charge in [-0.05, 0) is 24.6 Å². The molecule has 0 aliphatic heterocycles. The molecular weight excluding hydrogens is 180 g/mol. The van der Waals surface area contributed by atoms with E-state index in [1.807, 2.05) is 0 Å². The zero-order valence-electron chi connectivity index (χ0n) is 7.74. The first-order valence-electron chi connectivity index (χ1n) is 4.09. The molecule has 14 heavy (non-hydrogen) atoms. The molecule has 1 rings (SSSR count). The molecule has 0 saturated carbocycles. The van der Waals surface area contributed by atoms with Crippen molar-refractivity contribution in [3.05, 3.63) is 34.9 Å². The average molecular weight is 190 g/mol. The minimum absolute atomic E-state index is 0.226. The second-order valence-electron chi connectivity index (χ2n) is 2.79. The van der Waals surface area contributed by atoms with Crippen molar-refractivity contribution in [1.29, 1.82) is 0 Å². The van der Waals surface area contributed by atoms with E-state index in [0.29, 0.717) is 11.1 Å². The van der Waals surface area contributed by atoms with Gasteiger partial charge < -0.3 is 10.2 Å². The molecule has 0 aliphatic carbocycles. The van der Waals surface area contributed by atoms with Crippen LogP contribution in [0.25, 0.3) is 0 Å². The number of aryl methyl sites for hydroxylation is 1. The quantitative estimate of drug-likeness (QED) is 0.650. The largest absolute Gasteiger partial charge is 0.478 e. The third-order valence-corrected chi connectivity index (χ3v) is 1.78. The molecule has 1 aromatic carbocycles.